The highest BCUT2D eigenvalue weighted by molar-refractivity contribution is 6.03. The Labute approximate surface area is 228 Å². The van der Waals surface area contributed by atoms with E-state index in [9.17, 15) is 18.8 Å². The molecule has 0 saturated heterocycles. The maximum Gasteiger partial charge on any atom is 0.333 e. The minimum absolute atomic E-state index is 0.0393. The number of H-pyrrole nitrogens is 1. The van der Waals surface area contributed by atoms with Gasteiger partial charge in [-0.2, -0.15) is 10.2 Å². The van der Waals surface area contributed by atoms with Gasteiger partial charge in [0.1, 0.15) is 16.9 Å². The molecule has 0 saturated carbocycles. The Balaban J connectivity index is 1.26. The van der Waals surface area contributed by atoms with Crippen molar-refractivity contribution in [2.24, 2.45) is 7.05 Å². The molecule has 1 amide bonds. The molecule has 0 unspecified atom stereocenters. The number of benzene rings is 2. The first kappa shape index (κ1) is 25.4. The lowest BCUT2D eigenvalue weighted by molar-refractivity contribution is 0.102. The van der Waals surface area contributed by atoms with Gasteiger partial charge in [0.2, 0.25) is 0 Å². The zero-order valence-corrected chi connectivity index (χ0v) is 21.2. The predicted octanol–water partition coefficient (Wildman–Crippen LogP) is 3.90. The lowest BCUT2D eigenvalue weighted by atomic mass is 10.1. The number of hydrogen-bond acceptors (Lipinski definition) is 6. The molecule has 0 atom stereocenters. The standard InChI is InChI=1S/C28H19F2N7O4/c1-35-14-17(12-33-35)16-10-25(23-8-9-32-36(23)15-16)41-24-7-4-19(11-22(24)30)34-26(38)21-13-31-28(40)37(27(21)39)20-5-2-18(29)3-6-20/h2-15H,1H3,(H,31,40)(H,34,38). The first-order valence-corrected chi connectivity index (χ1v) is 12.1. The molecule has 6 rings (SSSR count). The number of carbonyl (C=O) groups excluding carboxylic acids is 1. The van der Waals surface area contributed by atoms with Crippen LogP contribution in [0.1, 0.15) is 10.4 Å². The highest BCUT2D eigenvalue weighted by atomic mass is 19.1. The summed E-state index contributed by atoms with van der Waals surface area (Å²) in [4.78, 5) is 40.4. The van der Waals surface area contributed by atoms with Crippen LogP contribution in [0.3, 0.4) is 0 Å². The monoisotopic (exact) mass is 555 g/mol. The molecular formula is C28H19F2N7O4. The van der Waals surface area contributed by atoms with Gasteiger partial charge in [-0.1, -0.05) is 0 Å². The summed E-state index contributed by atoms with van der Waals surface area (Å²) in [6, 6.07) is 11.8. The summed E-state index contributed by atoms with van der Waals surface area (Å²) >= 11 is 0. The van der Waals surface area contributed by atoms with Crippen LogP contribution in [0.15, 0.2) is 95.2 Å². The zero-order valence-electron chi connectivity index (χ0n) is 21.2. The molecule has 0 aliphatic heterocycles. The van der Waals surface area contributed by atoms with Crippen molar-refractivity contribution in [2.75, 3.05) is 5.32 Å². The smallest absolute Gasteiger partial charge is 0.333 e. The average Bonchev–Trinajstić information content (AvgIpc) is 3.60. The van der Waals surface area contributed by atoms with Crippen LogP contribution in [-0.4, -0.2) is 34.9 Å². The van der Waals surface area contributed by atoms with Crippen LogP contribution < -0.4 is 21.3 Å². The van der Waals surface area contributed by atoms with E-state index < -0.39 is 34.4 Å². The van der Waals surface area contributed by atoms with Crippen LogP contribution in [0.2, 0.25) is 0 Å². The molecule has 0 fully saturated rings. The Morgan fingerprint density at radius 1 is 0.951 bits per heavy atom. The number of nitrogens with one attached hydrogen (secondary N) is 2. The molecule has 0 bridgehead atoms. The average molecular weight is 556 g/mol. The van der Waals surface area contributed by atoms with Gasteiger partial charge in [-0.3, -0.25) is 14.3 Å². The van der Waals surface area contributed by atoms with Crippen LogP contribution in [0.5, 0.6) is 11.5 Å². The van der Waals surface area contributed by atoms with Gasteiger partial charge in [-0.15, -0.1) is 0 Å². The Morgan fingerprint density at radius 2 is 1.76 bits per heavy atom. The minimum Gasteiger partial charge on any atom is -0.452 e. The number of fused-ring (bicyclic) bond motifs is 1. The number of anilines is 1. The molecule has 2 aromatic carbocycles. The fourth-order valence-electron chi connectivity index (χ4n) is 4.24. The number of nitrogens with zero attached hydrogens (tertiary/aromatic N) is 5. The summed E-state index contributed by atoms with van der Waals surface area (Å²) < 4.78 is 38.3. The van der Waals surface area contributed by atoms with Crippen molar-refractivity contribution >= 4 is 17.1 Å². The van der Waals surface area contributed by atoms with E-state index in [1.807, 2.05) is 6.20 Å². The van der Waals surface area contributed by atoms with E-state index in [0.717, 1.165) is 35.5 Å². The fourth-order valence-corrected chi connectivity index (χ4v) is 4.24. The molecule has 0 radical (unpaired) electrons. The van der Waals surface area contributed by atoms with Crippen LogP contribution >= 0.6 is 0 Å². The lowest BCUT2D eigenvalue weighted by Gasteiger charge is -2.12. The lowest BCUT2D eigenvalue weighted by Crippen LogP contribution is -2.38. The molecule has 0 aliphatic rings. The van der Waals surface area contributed by atoms with Crippen molar-refractivity contribution in [3.8, 4) is 28.3 Å². The van der Waals surface area contributed by atoms with Gasteiger partial charge >= 0.3 is 5.69 Å². The Bertz CT molecular complexity index is 2060. The van der Waals surface area contributed by atoms with Gasteiger partial charge in [0, 0.05) is 48.5 Å². The summed E-state index contributed by atoms with van der Waals surface area (Å²) in [6.07, 6.45) is 7.85. The maximum absolute atomic E-state index is 15.1. The van der Waals surface area contributed by atoms with Gasteiger partial charge in [-0.25, -0.2) is 22.7 Å². The van der Waals surface area contributed by atoms with Crippen molar-refractivity contribution in [1.29, 1.82) is 0 Å². The third-order valence-electron chi connectivity index (χ3n) is 6.22. The van der Waals surface area contributed by atoms with Gasteiger partial charge in [-0.05, 0) is 48.5 Å². The van der Waals surface area contributed by atoms with E-state index in [1.54, 1.807) is 47.0 Å². The number of amides is 1. The van der Waals surface area contributed by atoms with E-state index in [4.69, 9.17) is 4.74 Å². The summed E-state index contributed by atoms with van der Waals surface area (Å²) in [6.45, 7) is 0. The van der Waals surface area contributed by atoms with E-state index in [1.165, 1.54) is 24.3 Å². The molecular weight excluding hydrogens is 536 g/mol. The van der Waals surface area contributed by atoms with Crippen molar-refractivity contribution in [2.45, 2.75) is 0 Å². The Morgan fingerprint density at radius 3 is 2.49 bits per heavy atom. The summed E-state index contributed by atoms with van der Waals surface area (Å²) in [7, 11) is 1.79. The van der Waals surface area contributed by atoms with E-state index in [2.05, 4.69) is 20.5 Å². The number of aromatic nitrogens is 6. The van der Waals surface area contributed by atoms with Gasteiger partial charge in [0.15, 0.2) is 17.3 Å². The van der Waals surface area contributed by atoms with Crippen LogP contribution in [0.4, 0.5) is 14.5 Å². The number of rotatable bonds is 6. The minimum atomic E-state index is -0.934. The number of ether oxygens (including phenoxy) is 1. The molecule has 13 heteroatoms. The third kappa shape index (κ3) is 4.87. The second kappa shape index (κ2) is 10.0. The van der Waals surface area contributed by atoms with Crippen molar-refractivity contribution in [3.05, 3.63) is 124 Å². The molecule has 0 aliphatic carbocycles. The van der Waals surface area contributed by atoms with Crippen LogP contribution in [-0.2, 0) is 7.05 Å². The molecule has 204 valence electrons. The summed E-state index contributed by atoms with van der Waals surface area (Å²) in [5.74, 6) is -2.00. The number of hydrogen-bond donors (Lipinski definition) is 2. The normalized spacial score (nSPS) is 11.1. The van der Waals surface area contributed by atoms with Crippen molar-refractivity contribution in [3.63, 3.8) is 0 Å². The second-order valence-electron chi connectivity index (χ2n) is 8.98. The van der Waals surface area contributed by atoms with E-state index in [-0.39, 0.29) is 17.1 Å². The predicted molar refractivity (Wildman–Crippen MR) is 144 cm³/mol. The van der Waals surface area contributed by atoms with Crippen LogP contribution in [0.25, 0.3) is 22.3 Å². The molecule has 4 heterocycles. The number of halogens is 2. The first-order valence-electron chi connectivity index (χ1n) is 12.1. The number of pyridine rings is 1. The number of carbonyl (C=O) groups is 1. The molecule has 6 aromatic rings. The number of aryl methyl sites for hydroxylation is 1. The Hall–Kier alpha value is -5.85. The molecule has 4 aromatic heterocycles. The van der Waals surface area contributed by atoms with E-state index in [0.29, 0.717) is 15.8 Å². The molecule has 2 N–H and O–H groups in total. The van der Waals surface area contributed by atoms with Gasteiger partial charge in [0.05, 0.1) is 18.1 Å². The zero-order chi connectivity index (χ0) is 28.7. The third-order valence-corrected chi connectivity index (χ3v) is 6.22. The SMILES string of the molecule is Cn1cc(-c2cc(Oc3ccc(NC(=O)c4c[nH]c(=O)n(-c5ccc(F)cc5)c4=O)cc3F)c3ccnn3c2)cn1. The molecule has 0 spiro atoms. The number of aromatic amines is 1. The Kier molecular flexibility index (Phi) is 6.22. The van der Waals surface area contributed by atoms with Gasteiger partial charge < -0.3 is 15.0 Å². The van der Waals surface area contributed by atoms with Gasteiger partial charge in [0.25, 0.3) is 11.5 Å². The topological polar surface area (TPSA) is 128 Å². The molecule has 11 nitrogen and oxygen atoms in total. The quantitative estimate of drug-likeness (QED) is 0.321. The van der Waals surface area contributed by atoms with Crippen molar-refractivity contribution in [1.82, 2.24) is 28.9 Å². The largest absolute Gasteiger partial charge is 0.452 e. The summed E-state index contributed by atoms with van der Waals surface area (Å²) in [5.41, 5.74) is 0.115. The maximum atomic E-state index is 15.1. The molecule has 41 heavy (non-hydrogen) atoms. The second-order valence-corrected chi connectivity index (χ2v) is 8.98. The van der Waals surface area contributed by atoms with E-state index >= 15 is 4.39 Å². The highest BCUT2D eigenvalue weighted by Gasteiger charge is 2.18. The highest BCUT2D eigenvalue weighted by Crippen LogP contribution is 2.33. The first-order chi connectivity index (χ1) is 19.8. The fraction of sp³-hybridized carbons (Fsp3) is 0.0357. The van der Waals surface area contributed by atoms with Crippen LogP contribution in [0, 0.1) is 11.6 Å². The van der Waals surface area contributed by atoms with Crippen molar-refractivity contribution < 1.29 is 18.3 Å². The summed E-state index contributed by atoms with van der Waals surface area (Å²) in [5, 5.41) is 10.9.